The van der Waals surface area contributed by atoms with E-state index >= 15 is 0 Å². The molecule has 0 aromatic heterocycles. The molecule has 0 radical (unpaired) electrons. The van der Waals surface area contributed by atoms with E-state index in [1.807, 2.05) is 6.92 Å². The van der Waals surface area contributed by atoms with E-state index in [4.69, 9.17) is 18.0 Å². The Bertz CT molecular complexity index is 430. The van der Waals surface area contributed by atoms with Crippen molar-refractivity contribution in [2.75, 3.05) is 18.0 Å². The number of nitrogens with zero attached hydrogens (tertiary/aromatic N) is 1. The van der Waals surface area contributed by atoms with Crippen molar-refractivity contribution in [3.63, 3.8) is 0 Å². The zero-order valence-corrected chi connectivity index (χ0v) is 12.8. The average molecular weight is 282 g/mol. The standard InChI is InChI=1S/C15H23FN2S/c1-4-11(5-2)10-18(6-3)14-8-7-12(15(17)19)9-13(14)16/h7-9,11H,4-6,10H2,1-3H3,(H2,17,19). The molecule has 0 amide bonds. The van der Waals surface area contributed by atoms with E-state index in [9.17, 15) is 4.39 Å². The molecule has 0 aliphatic carbocycles. The quantitative estimate of drug-likeness (QED) is 0.773. The second-order valence-electron chi connectivity index (χ2n) is 4.75. The number of nitrogens with two attached hydrogens (primary N) is 1. The first-order valence-electron chi connectivity index (χ1n) is 6.87. The zero-order valence-electron chi connectivity index (χ0n) is 11.9. The van der Waals surface area contributed by atoms with Gasteiger partial charge in [-0.3, -0.25) is 0 Å². The van der Waals surface area contributed by atoms with Crippen LogP contribution >= 0.6 is 12.2 Å². The number of benzene rings is 1. The van der Waals surface area contributed by atoms with Crippen LogP contribution in [0.5, 0.6) is 0 Å². The maximum Gasteiger partial charge on any atom is 0.147 e. The van der Waals surface area contributed by atoms with Gasteiger partial charge in [0.1, 0.15) is 10.8 Å². The summed E-state index contributed by atoms with van der Waals surface area (Å²) in [5.41, 5.74) is 6.73. The van der Waals surface area contributed by atoms with Crippen molar-refractivity contribution < 1.29 is 4.39 Å². The van der Waals surface area contributed by atoms with Crippen LogP contribution in [-0.2, 0) is 0 Å². The van der Waals surface area contributed by atoms with Crippen molar-refractivity contribution in [1.82, 2.24) is 0 Å². The lowest BCUT2D eigenvalue weighted by atomic mass is 10.0. The minimum Gasteiger partial charge on any atom is -0.389 e. The fraction of sp³-hybridized carbons (Fsp3) is 0.533. The van der Waals surface area contributed by atoms with Crippen molar-refractivity contribution in [1.29, 1.82) is 0 Å². The monoisotopic (exact) mass is 282 g/mol. The Morgan fingerprint density at radius 1 is 1.32 bits per heavy atom. The van der Waals surface area contributed by atoms with Gasteiger partial charge >= 0.3 is 0 Å². The molecule has 19 heavy (non-hydrogen) atoms. The molecule has 0 unspecified atom stereocenters. The van der Waals surface area contributed by atoms with Gasteiger partial charge in [-0.15, -0.1) is 0 Å². The molecule has 2 nitrogen and oxygen atoms in total. The van der Waals surface area contributed by atoms with E-state index in [0.717, 1.165) is 25.9 Å². The normalized spacial score (nSPS) is 10.8. The van der Waals surface area contributed by atoms with Crippen LogP contribution in [0.1, 0.15) is 39.2 Å². The second kappa shape index (κ2) is 7.43. The summed E-state index contributed by atoms with van der Waals surface area (Å²) in [5, 5.41) is 0. The summed E-state index contributed by atoms with van der Waals surface area (Å²) in [7, 11) is 0. The fourth-order valence-corrected chi connectivity index (χ4v) is 2.30. The van der Waals surface area contributed by atoms with Crippen LogP contribution in [-0.4, -0.2) is 18.1 Å². The van der Waals surface area contributed by atoms with Crippen LogP contribution in [0.25, 0.3) is 0 Å². The summed E-state index contributed by atoms with van der Waals surface area (Å²) in [6, 6.07) is 4.99. The zero-order chi connectivity index (χ0) is 14.4. The minimum absolute atomic E-state index is 0.230. The van der Waals surface area contributed by atoms with Crippen molar-refractivity contribution >= 4 is 22.9 Å². The molecule has 0 atom stereocenters. The van der Waals surface area contributed by atoms with Crippen molar-refractivity contribution in [3.8, 4) is 0 Å². The van der Waals surface area contributed by atoms with Gasteiger partial charge in [-0.05, 0) is 31.0 Å². The molecule has 0 saturated heterocycles. The Labute approximate surface area is 120 Å². The van der Waals surface area contributed by atoms with Gasteiger partial charge in [0.2, 0.25) is 0 Å². The second-order valence-corrected chi connectivity index (χ2v) is 5.19. The third-order valence-corrected chi connectivity index (χ3v) is 3.82. The van der Waals surface area contributed by atoms with E-state index < -0.39 is 0 Å². The van der Waals surface area contributed by atoms with Gasteiger partial charge in [0.05, 0.1) is 5.69 Å². The van der Waals surface area contributed by atoms with Gasteiger partial charge < -0.3 is 10.6 Å². The van der Waals surface area contributed by atoms with E-state index in [-0.39, 0.29) is 10.8 Å². The van der Waals surface area contributed by atoms with E-state index in [1.165, 1.54) is 6.07 Å². The highest BCUT2D eigenvalue weighted by atomic mass is 32.1. The molecule has 0 saturated carbocycles. The lowest BCUT2D eigenvalue weighted by Gasteiger charge is -2.28. The Hall–Kier alpha value is -1.16. The number of halogens is 1. The number of thiocarbonyl (C=S) groups is 1. The summed E-state index contributed by atoms with van der Waals surface area (Å²) < 4.78 is 14.1. The van der Waals surface area contributed by atoms with Crippen LogP contribution in [0.4, 0.5) is 10.1 Å². The van der Waals surface area contributed by atoms with E-state index in [2.05, 4.69) is 18.7 Å². The molecule has 0 heterocycles. The van der Waals surface area contributed by atoms with Crippen molar-refractivity contribution in [2.24, 2.45) is 11.7 Å². The molecule has 0 aliphatic heterocycles. The lowest BCUT2D eigenvalue weighted by Crippen LogP contribution is -2.29. The van der Waals surface area contributed by atoms with Gasteiger partial charge in [0.15, 0.2) is 0 Å². The van der Waals surface area contributed by atoms with Crippen molar-refractivity contribution in [3.05, 3.63) is 29.6 Å². The molecule has 0 aliphatic rings. The van der Waals surface area contributed by atoms with E-state index in [1.54, 1.807) is 12.1 Å². The summed E-state index contributed by atoms with van der Waals surface area (Å²) in [6.07, 6.45) is 2.22. The summed E-state index contributed by atoms with van der Waals surface area (Å²) >= 11 is 4.86. The molecule has 0 fully saturated rings. The van der Waals surface area contributed by atoms with Crippen molar-refractivity contribution in [2.45, 2.75) is 33.6 Å². The van der Waals surface area contributed by atoms with Gasteiger partial charge in [0.25, 0.3) is 0 Å². The molecular weight excluding hydrogens is 259 g/mol. The largest absolute Gasteiger partial charge is 0.389 e. The predicted octanol–water partition coefficient (Wildman–Crippen LogP) is 3.72. The molecule has 4 heteroatoms. The molecule has 106 valence electrons. The first-order chi connectivity index (χ1) is 9.03. The molecule has 1 aromatic carbocycles. The molecule has 1 aromatic rings. The third-order valence-electron chi connectivity index (χ3n) is 3.59. The first kappa shape index (κ1) is 15.9. The topological polar surface area (TPSA) is 29.3 Å². The fourth-order valence-electron chi connectivity index (χ4n) is 2.17. The third kappa shape index (κ3) is 4.16. The maximum absolute atomic E-state index is 14.1. The van der Waals surface area contributed by atoms with Crippen LogP contribution in [0.2, 0.25) is 0 Å². The minimum atomic E-state index is -0.252. The first-order valence-corrected chi connectivity index (χ1v) is 7.28. The Morgan fingerprint density at radius 2 is 1.95 bits per heavy atom. The Balaban J connectivity index is 2.95. The summed E-state index contributed by atoms with van der Waals surface area (Å²) in [6.45, 7) is 8.07. The SMILES string of the molecule is CCC(CC)CN(CC)c1ccc(C(N)=S)cc1F. The van der Waals surface area contributed by atoms with Crippen LogP contribution in [0, 0.1) is 11.7 Å². The molecule has 0 bridgehead atoms. The molecule has 2 N–H and O–H groups in total. The highest BCUT2D eigenvalue weighted by Gasteiger charge is 2.14. The lowest BCUT2D eigenvalue weighted by molar-refractivity contribution is 0.482. The van der Waals surface area contributed by atoms with E-state index in [0.29, 0.717) is 17.2 Å². The summed E-state index contributed by atoms with van der Waals surface area (Å²) in [5.74, 6) is 0.340. The molecule has 0 spiro atoms. The van der Waals surface area contributed by atoms with Crippen LogP contribution in [0.15, 0.2) is 18.2 Å². The van der Waals surface area contributed by atoms with Crippen LogP contribution < -0.4 is 10.6 Å². The maximum atomic E-state index is 14.1. The van der Waals surface area contributed by atoms with Gasteiger partial charge in [-0.25, -0.2) is 4.39 Å². The Morgan fingerprint density at radius 3 is 2.37 bits per heavy atom. The van der Waals surface area contributed by atoms with Gasteiger partial charge in [0, 0.05) is 18.7 Å². The number of anilines is 1. The summed E-state index contributed by atoms with van der Waals surface area (Å²) in [4.78, 5) is 2.31. The molecule has 1 rings (SSSR count). The smallest absolute Gasteiger partial charge is 0.147 e. The van der Waals surface area contributed by atoms with Crippen LogP contribution in [0.3, 0.4) is 0 Å². The van der Waals surface area contributed by atoms with Gasteiger partial charge in [-0.1, -0.05) is 38.9 Å². The molecular formula is C15H23FN2S. The average Bonchev–Trinajstić information content (AvgIpc) is 2.41. The highest BCUT2D eigenvalue weighted by Crippen LogP contribution is 2.23. The Kier molecular flexibility index (Phi) is 6.22. The number of hydrogen-bond donors (Lipinski definition) is 1. The van der Waals surface area contributed by atoms with Gasteiger partial charge in [-0.2, -0.15) is 0 Å². The number of rotatable bonds is 7. The predicted molar refractivity (Wildman–Crippen MR) is 84.2 cm³/mol. The number of hydrogen-bond acceptors (Lipinski definition) is 2. The highest BCUT2D eigenvalue weighted by molar-refractivity contribution is 7.80.